The SMILES string of the molecule is COc1ccc(-c2csc(NC(=O)COC(=O)c3ccoc3)n2)cc1. The third-order valence-corrected chi connectivity index (χ3v) is 3.99. The number of hydrogen-bond donors (Lipinski definition) is 1. The van der Waals surface area contributed by atoms with Gasteiger partial charge >= 0.3 is 5.97 Å². The van der Waals surface area contributed by atoms with Gasteiger partial charge in [0.05, 0.1) is 24.6 Å². The summed E-state index contributed by atoms with van der Waals surface area (Å²) in [5.74, 6) is -0.332. The van der Waals surface area contributed by atoms with Crippen LogP contribution in [0.5, 0.6) is 5.75 Å². The Hall–Kier alpha value is -3.13. The van der Waals surface area contributed by atoms with Crippen molar-refractivity contribution in [3.8, 4) is 17.0 Å². The monoisotopic (exact) mass is 358 g/mol. The van der Waals surface area contributed by atoms with Crippen LogP contribution < -0.4 is 10.1 Å². The molecule has 25 heavy (non-hydrogen) atoms. The number of methoxy groups -OCH3 is 1. The fourth-order valence-corrected chi connectivity index (χ4v) is 2.71. The summed E-state index contributed by atoms with van der Waals surface area (Å²) in [5, 5.41) is 4.85. The Morgan fingerprint density at radius 2 is 2.04 bits per heavy atom. The number of nitrogens with zero attached hydrogens (tertiary/aromatic N) is 1. The lowest BCUT2D eigenvalue weighted by Crippen LogP contribution is -2.20. The molecule has 128 valence electrons. The molecule has 1 aromatic carbocycles. The van der Waals surface area contributed by atoms with Crippen LogP contribution in [-0.4, -0.2) is 30.6 Å². The van der Waals surface area contributed by atoms with E-state index in [1.807, 2.05) is 29.6 Å². The summed E-state index contributed by atoms with van der Waals surface area (Å²) in [6.07, 6.45) is 2.61. The minimum absolute atomic E-state index is 0.254. The Labute approximate surface area is 147 Å². The molecule has 2 aromatic heterocycles. The average molecular weight is 358 g/mol. The lowest BCUT2D eigenvalue weighted by Gasteiger charge is -2.03. The first-order valence-electron chi connectivity index (χ1n) is 7.25. The minimum Gasteiger partial charge on any atom is -0.497 e. The fraction of sp³-hybridized carbons (Fsp3) is 0.118. The third kappa shape index (κ3) is 4.24. The summed E-state index contributed by atoms with van der Waals surface area (Å²) in [4.78, 5) is 27.8. The molecule has 0 saturated heterocycles. The summed E-state index contributed by atoms with van der Waals surface area (Å²) >= 11 is 1.28. The number of ether oxygens (including phenoxy) is 2. The summed E-state index contributed by atoms with van der Waals surface area (Å²) in [7, 11) is 1.60. The number of esters is 1. The van der Waals surface area contributed by atoms with Gasteiger partial charge in [-0.3, -0.25) is 10.1 Å². The fourth-order valence-electron chi connectivity index (χ4n) is 1.98. The van der Waals surface area contributed by atoms with Crippen LogP contribution in [0.2, 0.25) is 0 Å². The van der Waals surface area contributed by atoms with Crippen molar-refractivity contribution in [1.29, 1.82) is 0 Å². The highest BCUT2D eigenvalue weighted by molar-refractivity contribution is 7.14. The number of hydrogen-bond acceptors (Lipinski definition) is 7. The molecule has 0 saturated carbocycles. The van der Waals surface area contributed by atoms with Gasteiger partial charge in [-0.05, 0) is 30.3 Å². The van der Waals surface area contributed by atoms with Crippen LogP contribution in [0.25, 0.3) is 11.3 Å². The highest BCUT2D eigenvalue weighted by Crippen LogP contribution is 2.26. The summed E-state index contributed by atoms with van der Waals surface area (Å²) in [6, 6.07) is 8.89. The molecule has 8 heteroatoms. The van der Waals surface area contributed by atoms with Gasteiger partial charge in [-0.15, -0.1) is 11.3 Å². The molecule has 1 N–H and O–H groups in total. The zero-order chi connectivity index (χ0) is 17.6. The molecular weight excluding hydrogens is 344 g/mol. The zero-order valence-corrected chi connectivity index (χ0v) is 14.0. The molecule has 0 radical (unpaired) electrons. The molecule has 0 aliphatic heterocycles. The van der Waals surface area contributed by atoms with Crippen molar-refractivity contribution in [3.05, 3.63) is 53.8 Å². The van der Waals surface area contributed by atoms with Gasteiger partial charge in [-0.25, -0.2) is 9.78 Å². The second-order valence-corrected chi connectivity index (χ2v) is 5.76. The van der Waals surface area contributed by atoms with E-state index in [0.717, 1.165) is 17.0 Å². The lowest BCUT2D eigenvalue weighted by molar-refractivity contribution is -0.119. The van der Waals surface area contributed by atoms with Crippen molar-refractivity contribution < 1.29 is 23.5 Å². The maximum atomic E-state index is 11.9. The molecule has 0 spiro atoms. The smallest absolute Gasteiger partial charge is 0.341 e. The number of thiazole rings is 1. The number of carbonyl (C=O) groups is 2. The highest BCUT2D eigenvalue weighted by Gasteiger charge is 2.13. The Bertz CT molecular complexity index is 856. The number of nitrogens with one attached hydrogen (secondary N) is 1. The van der Waals surface area contributed by atoms with Crippen molar-refractivity contribution in [2.24, 2.45) is 0 Å². The van der Waals surface area contributed by atoms with Crippen LogP contribution in [0.15, 0.2) is 52.7 Å². The maximum Gasteiger partial charge on any atom is 0.341 e. The second-order valence-electron chi connectivity index (χ2n) is 4.90. The van der Waals surface area contributed by atoms with Crippen molar-refractivity contribution >= 4 is 28.3 Å². The van der Waals surface area contributed by atoms with E-state index in [9.17, 15) is 9.59 Å². The van der Waals surface area contributed by atoms with Crippen LogP contribution in [0.4, 0.5) is 5.13 Å². The molecule has 3 rings (SSSR count). The van der Waals surface area contributed by atoms with E-state index in [-0.39, 0.29) is 5.56 Å². The van der Waals surface area contributed by atoms with Gasteiger partial charge in [0.1, 0.15) is 12.0 Å². The van der Waals surface area contributed by atoms with Crippen molar-refractivity contribution in [1.82, 2.24) is 4.98 Å². The number of amides is 1. The van der Waals surface area contributed by atoms with E-state index in [1.54, 1.807) is 7.11 Å². The van der Waals surface area contributed by atoms with Crippen LogP contribution >= 0.6 is 11.3 Å². The second kappa shape index (κ2) is 7.63. The molecule has 7 nitrogen and oxygen atoms in total. The van der Waals surface area contributed by atoms with Gasteiger partial charge in [0, 0.05) is 10.9 Å². The maximum absolute atomic E-state index is 11.9. The number of rotatable bonds is 6. The highest BCUT2D eigenvalue weighted by atomic mass is 32.1. The third-order valence-electron chi connectivity index (χ3n) is 3.23. The number of anilines is 1. The van der Waals surface area contributed by atoms with E-state index in [1.165, 1.54) is 29.9 Å². The van der Waals surface area contributed by atoms with Crippen molar-refractivity contribution in [2.75, 3.05) is 19.0 Å². The Morgan fingerprint density at radius 1 is 1.24 bits per heavy atom. The topological polar surface area (TPSA) is 90.7 Å². The van der Waals surface area contributed by atoms with Crippen LogP contribution in [0.1, 0.15) is 10.4 Å². The largest absolute Gasteiger partial charge is 0.497 e. The number of furan rings is 1. The van der Waals surface area contributed by atoms with Crippen molar-refractivity contribution in [3.63, 3.8) is 0 Å². The molecule has 0 aliphatic carbocycles. The van der Waals surface area contributed by atoms with E-state index in [0.29, 0.717) is 5.13 Å². The predicted octanol–water partition coefficient (Wildman–Crippen LogP) is 3.21. The van der Waals surface area contributed by atoms with Gasteiger partial charge < -0.3 is 13.9 Å². The quantitative estimate of drug-likeness (QED) is 0.681. The van der Waals surface area contributed by atoms with Gasteiger partial charge in [0.15, 0.2) is 11.7 Å². The molecule has 0 fully saturated rings. The van der Waals surface area contributed by atoms with E-state index in [4.69, 9.17) is 13.9 Å². The molecule has 0 atom stereocenters. The van der Waals surface area contributed by atoms with Crippen molar-refractivity contribution in [2.45, 2.75) is 0 Å². The first-order valence-corrected chi connectivity index (χ1v) is 8.13. The van der Waals surface area contributed by atoms with E-state index >= 15 is 0 Å². The van der Waals surface area contributed by atoms with Crippen LogP contribution in [0, 0.1) is 0 Å². The minimum atomic E-state index is -0.623. The normalized spacial score (nSPS) is 10.3. The Morgan fingerprint density at radius 3 is 2.72 bits per heavy atom. The number of aromatic nitrogens is 1. The molecule has 1 amide bonds. The lowest BCUT2D eigenvalue weighted by atomic mass is 10.2. The van der Waals surface area contributed by atoms with Gasteiger partial charge in [0.2, 0.25) is 0 Å². The summed E-state index contributed by atoms with van der Waals surface area (Å²) < 4.78 is 14.8. The predicted molar refractivity (Wildman–Crippen MR) is 91.7 cm³/mol. The average Bonchev–Trinajstić information content (AvgIpc) is 3.32. The van der Waals surface area contributed by atoms with Gasteiger partial charge in [-0.2, -0.15) is 0 Å². The summed E-state index contributed by atoms with van der Waals surface area (Å²) in [6.45, 7) is -0.401. The summed E-state index contributed by atoms with van der Waals surface area (Å²) in [5.41, 5.74) is 1.89. The molecule has 0 unspecified atom stereocenters. The Kier molecular flexibility index (Phi) is 5.10. The van der Waals surface area contributed by atoms with Gasteiger partial charge in [-0.1, -0.05) is 0 Å². The van der Waals surface area contributed by atoms with Crippen LogP contribution in [-0.2, 0) is 9.53 Å². The zero-order valence-electron chi connectivity index (χ0n) is 13.2. The first kappa shape index (κ1) is 16.7. The van der Waals surface area contributed by atoms with Crippen LogP contribution in [0.3, 0.4) is 0 Å². The molecule has 0 bridgehead atoms. The Balaban J connectivity index is 1.55. The standard InChI is InChI=1S/C17H14N2O5S/c1-22-13-4-2-11(3-5-13)14-10-25-17(18-14)19-15(20)9-24-16(21)12-6-7-23-8-12/h2-8,10H,9H2,1H3,(H,18,19,20). The molecule has 2 heterocycles. The molecule has 3 aromatic rings. The van der Waals surface area contributed by atoms with Gasteiger partial charge in [0.25, 0.3) is 5.91 Å². The molecule has 0 aliphatic rings. The van der Waals surface area contributed by atoms with E-state index < -0.39 is 18.5 Å². The number of benzene rings is 1. The van der Waals surface area contributed by atoms with E-state index in [2.05, 4.69) is 10.3 Å². The first-order chi connectivity index (χ1) is 12.2. The number of carbonyl (C=O) groups excluding carboxylic acids is 2. The molecular formula is C17H14N2O5S.